The summed E-state index contributed by atoms with van der Waals surface area (Å²) in [7, 11) is 0. The molecule has 0 aliphatic heterocycles. The van der Waals surface area contributed by atoms with Gasteiger partial charge >= 0.3 is 0 Å². The predicted octanol–water partition coefficient (Wildman–Crippen LogP) is 2.50. The molecule has 0 radical (unpaired) electrons. The van der Waals surface area contributed by atoms with Crippen molar-refractivity contribution in [2.24, 2.45) is 5.73 Å². The number of benzene rings is 2. The quantitative estimate of drug-likeness (QED) is 0.679. The van der Waals surface area contributed by atoms with Gasteiger partial charge in [-0.15, -0.1) is 0 Å². The van der Waals surface area contributed by atoms with Crippen molar-refractivity contribution in [1.29, 1.82) is 0 Å². The smallest absolute Gasteiger partial charge is 0.270 e. The fraction of sp³-hybridized carbons (Fsp3) is 0. The Morgan fingerprint density at radius 1 is 1.16 bits per heavy atom. The molecule has 0 fully saturated rings. The van der Waals surface area contributed by atoms with E-state index in [-0.39, 0.29) is 22.4 Å². The Balaban J connectivity index is 2.67. The molecule has 2 aromatic rings. The second-order valence-electron chi connectivity index (χ2n) is 3.83. The van der Waals surface area contributed by atoms with Crippen LogP contribution in [0.1, 0.15) is 10.4 Å². The van der Waals surface area contributed by atoms with Gasteiger partial charge in [0.05, 0.1) is 10.5 Å². The van der Waals surface area contributed by atoms with Gasteiger partial charge in [-0.05, 0) is 17.7 Å². The number of non-ortho nitro benzene ring substituents is 1. The van der Waals surface area contributed by atoms with Crippen LogP contribution in [0.15, 0.2) is 42.5 Å². The molecule has 96 valence electrons. The molecule has 19 heavy (non-hydrogen) atoms. The standard InChI is InChI=1S/C13H9FN2O3/c14-12-4-2-1-3-10(12)9-6-5-8(16(18)19)7-11(9)13(15)17/h1-7H,(H2,15,17). The summed E-state index contributed by atoms with van der Waals surface area (Å²) in [5.41, 5.74) is 5.24. The normalized spacial score (nSPS) is 10.2. The molecule has 0 bridgehead atoms. The first kappa shape index (κ1) is 12.7. The van der Waals surface area contributed by atoms with Crippen LogP contribution < -0.4 is 5.73 Å². The minimum atomic E-state index is -0.845. The van der Waals surface area contributed by atoms with E-state index in [1.54, 1.807) is 6.07 Å². The highest BCUT2D eigenvalue weighted by Crippen LogP contribution is 2.29. The first-order valence-corrected chi connectivity index (χ1v) is 5.34. The van der Waals surface area contributed by atoms with Gasteiger partial charge in [0.15, 0.2) is 0 Å². The van der Waals surface area contributed by atoms with Crippen molar-refractivity contribution in [3.63, 3.8) is 0 Å². The molecule has 5 nitrogen and oxygen atoms in total. The number of nitro benzene ring substituents is 1. The topological polar surface area (TPSA) is 86.2 Å². The van der Waals surface area contributed by atoms with Crippen molar-refractivity contribution in [2.45, 2.75) is 0 Å². The molecular weight excluding hydrogens is 251 g/mol. The monoisotopic (exact) mass is 260 g/mol. The van der Waals surface area contributed by atoms with Crippen LogP contribution in [0.5, 0.6) is 0 Å². The molecule has 0 unspecified atom stereocenters. The van der Waals surface area contributed by atoms with E-state index >= 15 is 0 Å². The van der Waals surface area contributed by atoms with Crippen molar-refractivity contribution >= 4 is 11.6 Å². The Hall–Kier alpha value is -2.76. The average Bonchev–Trinajstić information content (AvgIpc) is 2.38. The summed E-state index contributed by atoms with van der Waals surface area (Å²) < 4.78 is 13.7. The van der Waals surface area contributed by atoms with Gasteiger partial charge in [0.1, 0.15) is 5.82 Å². The maximum atomic E-state index is 13.7. The first-order valence-electron chi connectivity index (χ1n) is 5.34. The van der Waals surface area contributed by atoms with Crippen LogP contribution in [-0.4, -0.2) is 10.8 Å². The largest absolute Gasteiger partial charge is 0.366 e. The molecule has 0 aromatic heterocycles. The number of primary amides is 1. The van der Waals surface area contributed by atoms with Crippen LogP contribution in [0.25, 0.3) is 11.1 Å². The Labute approximate surface area is 107 Å². The molecular formula is C13H9FN2O3. The lowest BCUT2D eigenvalue weighted by molar-refractivity contribution is -0.384. The van der Waals surface area contributed by atoms with E-state index in [1.165, 1.54) is 30.3 Å². The maximum Gasteiger partial charge on any atom is 0.270 e. The molecule has 2 aromatic carbocycles. The zero-order valence-corrected chi connectivity index (χ0v) is 9.67. The Morgan fingerprint density at radius 3 is 2.42 bits per heavy atom. The van der Waals surface area contributed by atoms with E-state index in [2.05, 4.69) is 0 Å². The van der Waals surface area contributed by atoms with Crippen LogP contribution >= 0.6 is 0 Å². The third kappa shape index (κ3) is 2.42. The molecule has 0 saturated heterocycles. The highest BCUT2D eigenvalue weighted by Gasteiger charge is 2.17. The van der Waals surface area contributed by atoms with E-state index in [4.69, 9.17) is 5.73 Å². The molecule has 0 heterocycles. The molecule has 2 N–H and O–H groups in total. The van der Waals surface area contributed by atoms with Gasteiger partial charge in [0.2, 0.25) is 5.91 Å². The number of nitro groups is 1. The first-order chi connectivity index (χ1) is 9.00. The zero-order chi connectivity index (χ0) is 14.0. The lowest BCUT2D eigenvalue weighted by Gasteiger charge is -2.07. The fourth-order valence-corrected chi connectivity index (χ4v) is 1.76. The predicted molar refractivity (Wildman–Crippen MR) is 67.0 cm³/mol. The molecule has 2 rings (SSSR count). The summed E-state index contributed by atoms with van der Waals surface area (Å²) in [5.74, 6) is -1.37. The van der Waals surface area contributed by atoms with E-state index in [0.29, 0.717) is 0 Å². The lowest BCUT2D eigenvalue weighted by atomic mass is 9.98. The summed E-state index contributed by atoms with van der Waals surface area (Å²) >= 11 is 0. The van der Waals surface area contributed by atoms with Gasteiger partial charge in [-0.3, -0.25) is 14.9 Å². The second kappa shape index (κ2) is 4.85. The number of hydrogen-bond acceptors (Lipinski definition) is 3. The van der Waals surface area contributed by atoms with Crippen LogP contribution in [0, 0.1) is 15.9 Å². The fourth-order valence-electron chi connectivity index (χ4n) is 1.76. The minimum Gasteiger partial charge on any atom is -0.366 e. The van der Waals surface area contributed by atoms with Crippen molar-refractivity contribution < 1.29 is 14.1 Å². The van der Waals surface area contributed by atoms with Crippen molar-refractivity contribution in [2.75, 3.05) is 0 Å². The number of halogens is 1. The number of nitrogens with zero attached hydrogens (tertiary/aromatic N) is 1. The van der Waals surface area contributed by atoms with Crippen molar-refractivity contribution in [3.05, 3.63) is 64.0 Å². The molecule has 0 aliphatic carbocycles. The number of hydrogen-bond donors (Lipinski definition) is 1. The molecule has 6 heteroatoms. The third-order valence-electron chi connectivity index (χ3n) is 2.64. The SMILES string of the molecule is NC(=O)c1cc([N+](=O)[O-])ccc1-c1ccccc1F. The lowest BCUT2D eigenvalue weighted by Crippen LogP contribution is -2.13. The Morgan fingerprint density at radius 2 is 1.84 bits per heavy atom. The Kier molecular flexibility index (Phi) is 3.24. The summed E-state index contributed by atoms with van der Waals surface area (Å²) in [5, 5.41) is 10.7. The number of amides is 1. The van der Waals surface area contributed by atoms with Gasteiger partial charge in [0, 0.05) is 17.7 Å². The number of rotatable bonds is 3. The van der Waals surface area contributed by atoms with Crippen molar-refractivity contribution in [1.82, 2.24) is 0 Å². The number of carbonyl (C=O) groups is 1. The van der Waals surface area contributed by atoms with Crippen LogP contribution in [-0.2, 0) is 0 Å². The second-order valence-corrected chi connectivity index (χ2v) is 3.83. The summed E-state index contributed by atoms with van der Waals surface area (Å²) in [6.07, 6.45) is 0. The van der Waals surface area contributed by atoms with E-state index in [1.807, 2.05) is 0 Å². The molecule has 0 saturated carbocycles. The highest BCUT2D eigenvalue weighted by atomic mass is 19.1. The van der Waals surface area contributed by atoms with Gasteiger partial charge in [-0.25, -0.2) is 4.39 Å². The summed E-state index contributed by atoms with van der Waals surface area (Å²) in [6.45, 7) is 0. The van der Waals surface area contributed by atoms with Gasteiger partial charge in [-0.1, -0.05) is 18.2 Å². The maximum absolute atomic E-state index is 13.7. The third-order valence-corrected chi connectivity index (χ3v) is 2.64. The van der Waals surface area contributed by atoms with E-state index in [9.17, 15) is 19.3 Å². The summed E-state index contributed by atoms with van der Waals surface area (Å²) in [6, 6.07) is 9.39. The van der Waals surface area contributed by atoms with Gasteiger partial charge in [0.25, 0.3) is 5.69 Å². The van der Waals surface area contributed by atoms with Crippen molar-refractivity contribution in [3.8, 4) is 11.1 Å². The number of carbonyl (C=O) groups excluding carboxylic acids is 1. The molecule has 1 amide bonds. The zero-order valence-electron chi connectivity index (χ0n) is 9.67. The van der Waals surface area contributed by atoms with E-state index in [0.717, 1.165) is 6.07 Å². The van der Waals surface area contributed by atoms with E-state index < -0.39 is 16.6 Å². The van der Waals surface area contributed by atoms with Crippen LogP contribution in [0.2, 0.25) is 0 Å². The van der Waals surface area contributed by atoms with Crippen LogP contribution in [0.3, 0.4) is 0 Å². The average molecular weight is 260 g/mol. The van der Waals surface area contributed by atoms with Gasteiger partial charge in [-0.2, -0.15) is 0 Å². The van der Waals surface area contributed by atoms with Gasteiger partial charge < -0.3 is 5.73 Å². The highest BCUT2D eigenvalue weighted by molar-refractivity contribution is 6.00. The summed E-state index contributed by atoms with van der Waals surface area (Å²) in [4.78, 5) is 21.4. The van der Waals surface area contributed by atoms with Crippen LogP contribution in [0.4, 0.5) is 10.1 Å². The number of nitrogens with two attached hydrogens (primary N) is 1. The molecule has 0 spiro atoms. The molecule has 0 atom stereocenters. The Bertz CT molecular complexity index is 671. The molecule has 0 aliphatic rings. The minimum absolute atomic E-state index is 0.0840.